The van der Waals surface area contributed by atoms with Gasteiger partial charge in [0.15, 0.2) is 11.5 Å². The van der Waals surface area contributed by atoms with Crippen LogP contribution in [0.4, 0.5) is 0 Å². The lowest BCUT2D eigenvalue weighted by Gasteiger charge is -2.19. The summed E-state index contributed by atoms with van der Waals surface area (Å²) >= 11 is 0. The van der Waals surface area contributed by atoms with Crippen LogP contribution in [0.2, 0.25) is 0 Å². The molecule has 1 heterocycles. The van der Waals surface area contributed by atoms with Gasteiger partial charge in [-0.15, -0.1) is 0 Å². The monoisotopic (exact) mass is 393 g/mol. The topological polar surface area (TPSA) is 65.4 Å². The summed E-state index contributed by atoms with van der Waals surface area (Å²) in [5, 5.41) is 3.11. The van der Waals surface area contributed by atoms with E-state index >= 15 is 0 Å². The van der Waals surface area contributed by atoms with Gasteiger partial charge in [0.25, 0.3) is 5.91 Å². The molecule has 1 atom stereocenters. The van der Waals surface area contributed by atoms with Crippen LogP contribution in [-0.2, 0) is 6.54 Å². The van der Waals surface area contributed by atoms with E-state index in [4.69, 9.17) is 9.47 Å². The first kappa shape index (κ1) is 20.5. The third-order valence-electron chi connectivity index (χ3n) is 5.02. The van der Waals surface area contributed by atoms with Crippen molar-refractivity contribution >= 4 is 5.91 Å². The smallest absolute Gasteiger partial charge is 0.251 e. The van der Waals surface area contributed by atoms with Crippen LogP contribution >= 0.6 is 0 Å². The Labute approximate surface area is 171 Å². The highest BCUT2D eigenvalue weighted by Crippen LogP contribution is 2.31. The fourth-order valence-electron chi connectivity index (χ4n) is 3.26. The number of rotatable bonds is 8. The summed E-state index contributed by atoms with van der Waals surface area (Å²) in [7, 11) is 3.21. The molecule has 0 saturated heterocycles. The van der Waals surface area contributed by atoms with Crippen LogP contribution in [0.3, 0.4) is 0 Å². The van der Waals surface area contributed by atoms with E-state index in [1.807, 2.05) is 62.5 Å². The molecule has 0 bridgehead atoms. The van der Waals surface area contributed by atoms with Crippen LogP contribution in [0, 0.1) is 6.92 Å². The van der Waals surface area contributed by atoms with Gasteiger partial charge in [0, 0.05) is 24.5 Å². The van der Waals surface area contributed by atoms with Crippen LogP contribution in [-0.4, -0.2) is 29.7 Å². The van der Waals surface area contributed by atoms with Crippen molar-refractivity contribution in [3.8, 4) is 11.5 Å². The Hall–Kier alpha value is -3.28. The number of carbonyl (C=O) groups excluding carboxylic acids is 1. The average molecular weight is 393 g/mol. The fraction of sp³-hybridized carbons (Fsp3) is 0.304. The van der Waals surface area contributed by atoms with E-state index in [0.717, 1.165) is 29.9 Å². The Morgan fingerprint density at radius 3 is 2.41 bits per heavy atom. The molecule has 6 heteroatoms. The zero-order chi connectivity index (χ0) is 20.8. The molecule has 0 unspecified atom stereocenters. The molecule has 6 nitrogen and oxygen atoms in total. The lowest BCUT2D eigenvalue weighted by atomic mass is 10.0. The number of benzene rings is 2. The number of aromatic nitrogens is 2. The number of hydrogen-bond acceptors (Lipinski definition) is 4. The van der Waals surface area contributed by atoms with Gasteiger partial charge in [-0.1, -0.05) is 25.1 Å². The summed E-state index contributed by atoms with van der Waals surface area (Å²) < 4.78 is 12.7. The van der Waals surface area contributed by atoms with Crippen LogP contribution in [0.5, 0.6) is 11.5 Å². The Balaban J connectivity index is 1.70. The van der Waals surface area contributed by atoms with Gasteiger partial charge >= 0.3 is 0 Å². The van der Waals surface area contributed by atoms with Crippen molar-refractivity contribution in [3.63, 3.8) is 0 Å². The van der Waals surface area contributed by atoms with Crippen molar-refractivity contribution < 1.29 is 14.3 Å². The minimum atomic E-state index is -0.115. The maximum Gasteiger partial charge on any atom is 0.251 e. The Bertz CT molecular complexity index is 964. The molecular formula is C23H27N3O3. The number of nitrogens with zero attached hydrogens (tertiary/aromatic N) is 2. The summed E-state index contributed by atoms with van der Waals surface area (Å²) in [5.41, 5.74) is 2.73. The first-order chi connectivity index (χ1) is 14.0. The van der Waals surface area contributed by atoms with Gasteiger partial charge in [0.05, 0.1) is 20.3 Å². The second-order valence-corrected chi connectivity index (χ2v) is 6.85. The Morgan fingerprint density at radius 2 is 1.83 bits per heavy atom. The molecule has 0 fully saturated rings. The number of hydrogen-bond donors (Lipinski definition) is 1. The van der Waals surface area contributed by atoms with Gasteiger partial charge < -0.3 is 19.4 Å². The highest BCUT2D eigenvalue weighted by atomic mass is 16.5. The van der Waals surface area contributed by atoms with E-state index in [0.29, 0.717) is 17.1 Å². The molecule has 0 aliphatic rings. The van der Waals surface area contributed by atoms with E-state index in [9.17, 15) is 4.79 Å². The molecule has 0 aliphatic heterocycles. The van der Waals surface area contributed by atoms with Gasteiger partial charge in [-0.25, -0.2) is 4.98 Å². The largest absolute Gasteiger partial charge is 0.493 e. The highest BCUT2D eigenvalue weighted by Gasteiger charge is 2.16. The summed E-state index contributed by atoms with van der Waals surface area (Å²) in [4.78, 5) is 17.0. The predicted octanol–water partition coefficient (Wildman–Crippen LogP) is 4.14. The number of carbonyl (C=O) groups is 1. The van der Waals surface area contributed by atoms with Crippen LogP contribution in [0.25, 0.3) is 0 Å². The number of imidazole rings is 1. The third kappa shape index (κ3) is 4.77. The maximum absolute atomic E-state index is 12.8. The van der Waals surface area contributed by atoms with Crippen LogP contribution in [0.15, 0.2) is 54.9 Å². The number of ether oxygens (including phenoxy) is 2. The molecule has 152 valence electrons. The predicted molar refractivity (Wildman–Crippen MR) is 113 cm³/mol. The molecule has 0 radical (unpaired) electrons. The molecule has 29 heavy (non-hydrogen) atoms. The van der Waals surface area contributed by atoms with Crippen molar-refractivity contribution in [1.29, 1.82) is 0 Å². The van der Waals surface area contributed by atoms with Crippen molar-refractivity contribution in [2.75, 3.05) is 14.2 Å². The number of nitrogens with one attached hydrogen (secondary N) is 1. The molecule has 3 aromatic rings. The lowest BCUT2D eigenvalue weighted by molar-refractivity contribution is 0.0935. The van der Waals surface area contributed by atoms with Crippen LogP contribution in [0.1, 0.15) is 46.7 Å². The Kier molecular flexibility index (Phi) is 6.54. The molecular weight excluding hydrogens is 366 g/mol. The van der Waals surface area contributed by atoms with E-state index < -0.39 is 0 Å². The van der Waals surface area contributed by atoms with E-state index in [2.05, 4.69) is 14.9 Å². The Morgan fingerprint density at radius 1 is 1.10 bits per heavy atom. The van der Waals surface area contributed by atoms with Gasteiger partial charge in [0.2, 0.25) is 0 Å². The summed E-state index contributed by atoms with van der Waals surface area (Å²) in [5.74, 6) is 2.18. The average Bonchev–Trinajstić information content (AvgIpc) is 3.16. The SMILES string of the molecule is CC[C@@H](NC(=O)c1ccc(Cn2ccnc2C)cc1)c1ccc(OC)c(OC)c1. The molecule has 0 spiro atoms. The minimum absolute atomic E-state index is 0.100. The fourth-order valence-corrected chi connectivity index (χ4v) is 3.26. The normalized spacial score (nSPS) is 11.7. The van der Waals surface area contributed by atoms with Gasteiger partial charge in [-0.05, 0) is 48.7 Å². The molecule has 1 aromatic heterocycles. The van der Waals surface area contributed by atoms with E-state index in [1.165, 1.54) is 0 Å². The highest BCUT2D eigenvalue weighted by molar-refractivity contribution is 5.94. The van der Waals surface area contributed by atoms with E-state index in [1.54, 1.807) is 20.4 Å². The molecule has 3 rings (SSSR count). The molecule has 1 amide bonds. The number of amides is 1. The van der Waals surface area contributed by atoms with Crippen molar-refractivity contribution in [3.05, 3.63) is 77.4 Å². The zero-order valence-electron chi connectivity index (χ0n) is 17.3. The maximum atomic E-state index is 12.8. The zero-order valence-corrected chi connectivity index (χ0v) is 17.3. The molecule has 1 N–H and O–H groups in total. The summed E-state index contributed by atoms with van der Waals surface area (Å²) in [6.07, 6.45) is 4.50. The minimum Gasteiger partial charge on any atom is -0.493 e. The second kappa shape index (κ2) is 9.28. The van der Waals surface area contributed by atoms with Crippen molar-refractivity contribution in [2.24, 2.45) is 0 Å². The lowest BCUT2D eigenvalue weighted by Crippen LogP contribution is -2.28. The number of methoxy groups -OCH3 is 2. The second-order valence-electron chi connectivity index (χ2n) is 6.85. The third-order valence-corrected chi connectivity index (χ3v) is 5.02. The molecule has 0 aliphatic carbocycles. The first-order valence-corrected chi connectivity index (χ1v) is 9.65. The summed E-state index contributed by atoms with van der Waals surface area (Å²) in [6, 6.07) is 13.3. The van der Waals surface area contributed by atoms with Crippen LogP contribution < -0.4 is 14.8 Å². The molecule has 0 saturated carbocycles. The van der Waals surface area contributed by atoms with Crippen molar-refractivity contribution in [2.45, 2.75) is 32.9 Å². The number of aryl methyl sites for hydroxylation is 1. The quantitative estimate of drug-likeness (QED) is 0.625. The van der Waals surface area contributed by atoms with Crippen molar-refractivity contribution in [1.82, 2.24) is 14.9 Å². The first-order valence-electron chi connectivity index (χ1n) is 9.65. The standard InChI is InChI=1S/C23H27N3O3/c1-5-20(19-10-11-21(28-3)22(14-19)29-4)25-23(27)18-8-6-17(7-9-18)15-26-13-12-24-16(26)2/h6-14,20H,5,15H2,1-4H3,(H,25,27)/t20-/m1/s1. The van der Waals surface area contributed by atoms with Gasteiger partial charge in [-0.3, -0.25) is 4.79 Å². The van der Waals surface area contributed by atoms with Gasteiger partial charge in [-0.2, -0.15) is 0 Å². The van der Waals surface area contributed by atoms with E-state index in [-0.39, 0.29) is 11.9 Å². The molecule has 2 aromatic carbocycles. The van der Waals surface area contributed by atoms with Gasteiger partial charge in [0.1, 0.15) is 5.82 Å². The summed E-state index contributed by atoms with van der Waals surface area (Å²) in [6.45, 7) is 4.75.